The van der Waals surface area contributed by atoms with Crippen LogP contribution in [0.2, 0.25) is 0 Å². The lowest BCUT2D eigenvalue weighted by atomic mass is 10.1. The van der Waals surface area contributed by atoms with Crippen molar-refractivity contribution < 1.29 is 9.53 Å². The zero-order valence-corrected chi connectivity index (χ0v) is 9.71. The number of carbonyl (C=O) groups is 1. The van der Waals surface area contributed by atoms with E-state index >= 15 is 0 Å². The average molecular weight is 222 g/mol. The summed E-state index contributed by atoms with van der Waals surface area (Å²) in [7, 11) is 0. The summed E-state index contributed by atoms with van der Waals surface area (Å²) in [5.74, 6) is 1.42. The van der Waals surface area contributed by atoms with Crippen molar-refractivity contribution in [3.05, 3.63) is 42.2 Å². The molecule has 0 unspecified atom stereocenters. The number of Topliss-reactive ketones (excluding diaryl/α,β-unsaturated/α-hetero) is 1. The van der Waals surface area contributed by atoms with Crippen LogP contribution in [0.5, 0.6) is 5.75 Å². The fourth-order valence-corrected chi connectivity index (χ4v) is 1.51. The largest absolute Gasteiger partial charge is 0.465 e. The molecule has 15 heavy (non-hydrogen) atoms. The van der Waals surface area contributed by atoms with Gasteiger partial charge in [0.05, 0.1) is 12.0 Å². The topological polar surface area (TPSA) is 26.3 Å². The van der Waals surface area contributed by atoms with Crippen LogP contribution in [0.3, 0.4) is 0 Å². The predicted octanol–water partition coefficient (Wildman–Crippen LogP) is 3.14. The van der Waals surface area contributed by atoms with Gasteiger partial charge in [0.2, 0.25) is 0 Å². The molecule has 1 aromatic carbocycles. The van der Waals surface area contributed by atoms with Gasteiger partial charge in [-0.2, -0.15) is 11.8 Å². The minimum Gasteiger partial charge on any atom is -0.465 e. The van der Waals surface area contributed by atoms with Crippen LogP contribution in [0, 0.1) is 0 Å². The van der Waals surface area contributed by atoms with Gasteiger partial charge in [-0.15, -0.1) is 0 Å². The zero-order valence-electron chi connectivity index (χ0n) is 8.90. The Bertz CT molecular complexity index is 341. The lowest BCUT2D eigenvalue weighted by Crippen LogP contribution is -2.01. The first-order chi connectivity index (χ1) is 7.27. The van der Waals surface area contributed by atoms with Crippen molar-refractivity contribution in [1.29, 1.82) is 0 Å². The number of benzene rings is 1. The highest BCUT2D eigenvalue weighted by atomic mass is 32.2. The van der Waals surface area contributed by atoms with Crippen LogP contribution in [0.1, 0.15) is 17.3 Å². The Morgan fingerprint density at radius 3 is 2.60 bits per heavy atom. The van der Waals surface area contributed by atoms with E-state index < -0.39 is 0 Å². The molecule has 0 N–H and O–H groups in total. The molecule has 0 atom stereocenters. The van der Waals surface area contributed by atoms with E-state index in [1.54, 1.807) is 30.5 Å². The van der Waals surface area contributed by atoms with E-state index in [2.05, 4.69) is 0 Å². The number of hydrogen-bond donors (Lipinski definition) is 0. The predicted molar refractivity (Wildman–Crippen MR) is 64.6 cm³/mol. The van der Waals surface area contributed by atoms with E-state index in [1.165, 1.54) is 11.8 Å². The molecule has 80 valence electrons. The molecule has 0 amide bonds. The summed E-state index contributed by atoms with van der Waals surface area (Å²) in [6.45, 7) is 1.89. The SMILES string of the molecule is CC=COc1ccc(C(=O)CSC)cc1. The number of ketones is 1. The van der Waals surface area contributed by atoms with Gasteiger partial charge in [-0.05, 0) is 37.4 Å². The van der Waals surface area contributed by atoms with Gasteiger partial charge >= 0.3 is 0 Å². The standard InChI is InChI=1S/C12H14O2S/c1-3-8-14-11-6-4-10(5-7-11)12(13)9-15-2/h3-8H,9H2,1-2H3. The first kappa shape index (κ1) is 11.9. The summed E-state index contributed by atoms with van der Waals surface area (Å²) in [6, 6.07) is 7.18. The van der Waals surface area contributed by atoms with Gasteiger partial charge in [0.25, 0.3) is 0 Å². The fraction of sp³-hybridized carbons (Fsp3) is 0.250. The molecule has 0 aromatic heterocycles. The number of carbonyl (C=O) groups excluding carboxylic acids is 1. The van der Waals surface area contributed by atoms with Crippen LogP contribution in [-0.4, -0.2) is 17.8 Å². The van der Waals surface area contributed by atoms with Crippen molar-refractivity contribution in [2.24, 2.45) is 0 Å². The second-order valence-corrected chi connectivity index (χ2v) is 3.83. The van der Waals surface area contributed by atoms with Crippen LogP contribution in [0.25, 0.3) is 0 Å². The van der Waals surface area contributed by atoms with Gasteiger partial charge in [0.15, 0.2) is 5.78 Å². The quantitative estimate of drug-likeness (QED) is 0.565. The molecule has 0 bridgehead atoms. The summed E-state index contributed by atoms with van der Waals surface area (Å²) in [5.41, 5.74) is 0.733. The van der Waals surface area contributed by atoms with Gasteiger partial charge < -0.3 is 4.74 Å². The van der Waals surface area contributed by atoms with Crippen LogP contribution in [-0.2, 0) is 0 Å². The molecule has 0 aliphatic carbocycles. The Balaban J connectivity index is 2.67. The average Bonchev–Trinajstić information content (AvgIpc) is 2.27. The summed E-state index contributed by atoms with van der Waals surface area (Å²) in [4.78, 5) is 11.5. The maximum Gasteiger partial charge on any atom is 0.172 e. The molecule has 0 radical (unpaired) electrons. The van der Waals surface area contributed by atoms with Gasteiger partial charge in [0, 0.05) is 5.56 Å². The van der Waals surface area contributed by atoms with Crippen molar-refractivity contribution in [3.63, 3.8) is 0 Å². The minimum absolute atomic E-state index is 0.153. The summed E-state index contributed by atoms with van der Waals surface area (Å²) in [6.07, 6.45) is 5.34. The molecular formula is C12H14O2S. The highest BCUT2D eigenvalue weighted by Crippen LogP contribution is 2.13. The van der Waals surface area contributed by atoms with E-state index in [0.29, 0.717) is 5.75 Å². The second kappa shape index (κ2) is 6.30. The molecule has 0 spiro atoms. The third-order valence-electron chi connectivity index (χ3n) is 1.79. The van der Waals surface area contributed by atoms with Crippen molar-refractivity contribution in [2.45, 2.75) is 6.92 Å². The Hall–Kier alpha value is -1.22. The molecule has 0 aliphatic rings. The zero-order chi connectivity index (χ0) is 11.1. The molecule has 0 fully saturated rings. The Labute approximate surface area is 94.3 Å². The fourth-order valence-electron chi connectivity index (χ4n) is 1.08. The summed E-state index contributed by atoms with van der Waals surface area (Å²) >= 11 is 1.53. The molecule has 0 aliphatic heterocycles. The van der Waals surface area contributed by atoms with Crippen molar-refractivity contribution in [1.82, 2.24) is 0 Å². The maximum absolute atomic E-state index is 11.5. The van der Waals surface area contributed by atoms with Crippen molar-refractivity contribution >= 4 is 17.5 Å². The normalized spacial score (nSPS) is 10.5. The number of allylic oxidation sites excluding steroid dienone is 1. The Kier molecular flexibility index (Phi) is 4.98. The third kappa shape index (κ3) is 3.80. The van der Waals surface area contributed by atoms with E-state index in [9.17, 15) is 4.79 Å². The van der Waals surface area contributed by atoms with Crippen LogP contribution < -0.4 is 4.74 Å². The van der Waals surface area contributed by atoms with Crippen LogP contribution in [0.15, 0.2) is 36.6 Å². The molecule has 2 nitrogen and oxygen atoms in total. The molecule has 1 aromatic rings. The first-order valence-corrected chi connectivity index (χ1v) is 6.07. The van der Waals surface area contributed by atoms with E-state index in [1.807, 2.05) is 19.3 Å². The maximum atomic E-state index is 11.5. The van der Waals surface area contributed by atoms with Crippen LogP contribution in [0.4, 0.5) is 0 Å². The number of rotatable bonds is 5. The Morgan fingerprint density at radius 2 is 2.07 bits per heavy atom. The number of thioether (sulfide) groups is 1. The molecule has 3 heteroatoms. The lowest BCUT2D eigenvalue weighted by molar-refractivity contribution is 0.102. The smallest absolute Gasteiger partial charge is 0.172 e. The van der Waals surface area contributed by atoms with E-state index in [4.69, 9.17) is 4.74 Å². The highest BCUT2D eigenvalue weighted by molar-refractivity contribution is 7.99. The molecule has 0 saturated heterocycles. The number of hydrogen-bond acceptors (Lipinski definition) is 3. The lowest BCUT2D eigenvalue weighted by Gasteiger charge is -2.01. The monoisotopic (exact) mass is 222 g/mol. The van der Waals surface area contributed by atoms with E-state index in [0.717, 1.165) is 11.3 Å². The van der Waals surface area contributed by atoms with Gasteiger partial charge in [-0.3, -0.25) is 4.79 Å². The molecular weight excluding hydrogens is 208 g/mol. The van der Waals surface area contributed by atoms with Crippen molar-refractivity contribution in [3.8, 4) is 5.75 Å². The first-order valence-electron chi connectivity index (χ1n) is 4.68. The molecule has 0 heterocycles. The van der Waals surface area contributed by atoms with Crippen LogP contribution >= 0.6 is 11.8 Å². The summed E-state index contributed by atoms with van der Waals surface area (Å²) in [5, 5.41) is 0. The van der Waals surface area contributed by atoms with Gasteiger partial charge in [0.1, 0.15) is 5.75 Å². The highest BCUT2D eigenvalue weighted by Gasteiger charge is 2.04. The second-order valence-electron chi connectivity index (χ2n) is 2.97. The Morgan fingerprint density at radius 1 is 1.40 bits per heavy atom. The van der Waals surface area contributed by atoms with Gasteiger partial charge in [-0.25, -0.2) is 0 Å². The van der Waals surface area contributed by atoms with E-state index in [-0.39, 0.29) is 5.78 Å². The minimum atomic E-state index is 0.153. The van der Waals surface area contributed by atoms with Gasteiger partial charge in [-0.1, -0.05) is 6.08 Å². The molecule has 0 saturated carbocycles. The third-order valence-corrected chi connectivity index (χ3v) is 2.34. The molecule has 1 rings (SSSR count). The van der Waals surface area contributed by atoms with Crippen molar-refractivity contribution in [2.75, 3.05) is 12.0 Å². The number of ether oxygens (including phenoxy) is 1. The summed E-state index contributed by atoms with van der Waals surface area (Å²) < 4.78 is 5.25.